The fourth-order valence-electron chi connectivity index (χ4n) is 4.28. The molecule has 1 N–H and O–H groups in total. The zero-order valence-corrected chi connectivity index (χ0v) is 18.4. The average molecular weight is 416 g/mol. The van der Waals surface area contributed by atoms with Crippen molar-refractivity contribution in [2.75, 3.05) is 42.9 Å². The molecule has 1 aliphatic rings. The molecule has 1 fully saturated rings. The number of anilines is 3. The smallest absolute Gasteiger partial charge is 0.227 e. The number of rotatable bonds is 5. The fourth-order valence-corrected chi connectivity index (χ4v) is 4.28. The van der Waals surface area contributed by atoms with Gasteiger partial charge >= 0.3 is 0 Å². The first-order valence-electron chi connectivity index (χ1n) is 11.1. The summed E-state index contributed by atoms with van der Waals surface area (Å²) in [4.78, 5) is 14.3. The first kappa shape index (κ1) is 19.8. The van der Waals surface area contributed by atoms with E-state index in [0.29, 0.717) is 5.95 Å². The third kappa shape index (κ3) is 3.81. The number of likely N-dealkylation sites (N-methyl/N-ethyl adjacent to an activating group) is 1. The van der Waals surface area contributed by atoms with Crippen molar-refractivity contribution in [3.63, 3.8) is 0 Å². The van der Waals surface area contributed by atoms with Gasteiger partial charge in [0, 0.05) is 60.6 Å². The molecule has 3 heterocycles. The zero-order chi connectivity index (χ0) is 21.4. The maximum Gasteiger partial charge on any atom is 0.227 e. The van der Waals surface area contributed by atoms with Crippen LogP contribution in [-0.4, -0.2) is 57.4 Å². The quantitative estimate of drug-likeness (QED) is 0.520. The van der Waals surface area contributed by atoms with Gasteiger partial charge in [-0.3, -0.25) is 4.68 Å². The van der Waals surface area contributed by atoms with Crippen LogP contribution in [0.1, 0.15) is 26.8 Å². The van der Waals surface area contributed by atoms with Crippen LogP contribution in [0.2, 0.25) is 0 Å². The fraction of sp³-hybridized carbons (Fsp3) is 0.375. The van der Waals surface area contributed by atoms with Crippen molar-refractivity contribution < 1.29 is 0 Å². The molecule has 4 aromatic rings. The van der Waals surface area contributed by atoms with Crippen LogP contribution in [0.5, 0.6) is 0 Å². The number of piperazine rings is 1. The molecule has 0 aliphatic carbocycles. The molecule has 2 aromatic carbocycles. The topological polar surface area (TPSA) is 62.1 Å². The minimum absolute atomic E-state index is 0.265. The van der Waals surface area contributed by atoms with Crippen molar-refractivity contribution in [3.8, 4) is 0 Å². The predicted molar refractivity (Wildman–Crippen MR) is 127 cm³/mol. The molecule has 0 amide bonds. The molecular weight excluding hydrogens is 386 g/mol. The largest absolute Gasteiger partial charge is 0.369 e. The van der Waals surface area contributed by atoms with Gasteiger partial charge in [-0.2, -0.15) is 5.10 Å². The lowest BCUT2D eigenvalue weighted by molar-refractivity contribution is 0.271. The van der Waals surface area contributed by atoms with Crippen LogP contribution in [0, 0.1) is 0 Å². The maximum absolute atomic E-state index is 4.84. The second-order valence-corrected chi connectivity index (χ2v) is 8.41. The summed E-state index contributed by atoms with van der Waals surface area (Å²) in [6.45, 7) is 12.0. The van der Waals surface area contributed by atoms with Gasteiger partial charge in [0.15, 0.2) is 0 Å². The molecular formula is C24H29N7. The van der Waals surface area contributed by atoms with Crippen LogP contribution in [0.4, 0.5) is 17.3 Å². The van der Waals surface area contributed by atoms with Gasteiger partial charge in [-0.1, -0.05) is 19.1 Å². The second-order valence-electron chi connectivity index (χ2n) is 8.41. The molecule has 0 bridgehead atoms. The highest BCUT2D eigenvalue weighted by Crippen LogP contribution is 2.27. The Bertz CT molecular complexity index is 1190. The molecule has 0 spiro atoms. The number of nitrogens with zero attached hydrogens (tertiary/aromatic N) is 6. The first-order valence-corrected chi connectivity index (χ1v) is 11.1. The minimum atomic E-state index is 0.265. The molecule has 0 radical (unpaired) electrons. The Balaban J connectivity index is 1.39. The summed E-state index contributed by atoms with van der Waals surface area (Å²) in [7, 11) is 0. The monoisotopic (exact) mass is 415 g/mol. The van der Waals surface area contributed by atoms with Crippen molar-refractivity contribution in [3.05, 3.63) is 48.8 Å². The van der Waals surface area contributed by atoms with Gasteiger partial charge in [0.05, 0.1) is 11.7 Å². The van der Waals surface area contributed by atoms with E-state index in [-0.39, 0.29) is 6.04 Å². The summed E-state index contributed by atoms with van der Waals surface area (Å²) < 4.78 is 2.03. The highest BCUT2D eigenvalue weighted by Gasteiger charge is 2.16. The van der Waals surface area contributed by atoms with E-state index in [0.717, 1.165) is 60.2 Å². The molecule has 7 nitrogen and oxygen atoms in total. The Hall–Kier alpha value is -3.19. The van der Waals surface area contributed by atoms with E-state index in [1.807, 2.05) is 17.1 Å². The summed E-state index contributed by atoms with van der Waals surface area (Å²) in [6.07, 6.45) is 3.78. The molecule has 7 heteroatoms. The van der Waals surface area contributed by atoms with Gasteiger partial charge in [0.1, 0.15) is 5.52 Å². The highest BCUT2D eigenvalue weighted by molar-refractivity contribution is 6.03. The number of aromatic nitrogens is 4. The van der Waals surface area contributed by atoms with Crippen LogP contribution in [0.3, 0.4) is 0 Å². The third-order valence-corrected chi connectivity index (χ3v) is 6.10. The summed E-state index contributed by atoms with van der Waals surface area (Å²) in [6, 6.07) is 13.0. The zero-order valence-electron chi connectivity index (χ0n) is 18.4. The number of hydrogen-bond donors (Lipinski definition) is 1. The predicted octanol–water partition coefficient (Wildman–Crippen LogP) is 4.45. The van der Waals surface area contributed by atoms with E-state index in [1.165, 1.54) is 5.69 Å². The lowest BCUT2D eigenvalue weighted by Crippen LogP contribution is -2.46. The van der Waals surface area contributed by atoms with Crippen LogP contribution < -0.4 is 10.2 Å². The lowest BCUT2D eigenvalue weighted by atomic mass is 10.2. The van der Waals surface area contributed by atoms with E-state index in [4.69, 9.17) is 4.98 Å². The standard InChI is InChI=1S/C24H29N7/c1-4-29-11-13-30(14-12-29)21-9-7-20(8-10-21)27-24-25-15-18-5-6-19-16-26-31(17(2)3)23(19)22(18)28-24/h5-10,15-17H,4,11-14H2,1-3H3,(H,25,27,28). The second kappa shape index (κ2) is 8.15. The van der Waals surface area contributed by atoms with Crippen LogP contribution in [-0.2, 0) is 0 Å². The van der Waals surface area contributed by atoms with E-state index in [1.54, 1.807) is 0 Å². The Morgan fingerprint density at radius 2 is 1.68 bits per heavy atom. The van der Waals surface area contributed by atoms with E-state index in [9.17, 15) is 0 Å². The SMILES string of the molecule is CCN1CCN(c2ccc(Nc3ncc4ccc5cnn(C(C)C)c5c4n3)cc2)CC1. The number of nitrogens with one attached hydrogen (secondary N) is 1. The summed E-state index contributed by atoms with van der Waals surface area (Å²) in [5.41, 5.74) is 4.23. The van der Waals surface area contributed by atoms with Crippen LogP contribution in [0.15, 0.2) is 48.8 Å². The molecule has 0 atom stereocenters. The Morgan fingerprint density at radius 3 is 2.39 bits per heavy atom. The molecule has 0 unspecified atom stereocenters. The van der Waals surface area contributed by atoms with Crippen molar-refractivity contribution >= 4 is 39.1 Å². The summed E-state index contributed by atoms with van der Waals surface area (Å²) >= 11 is 0. The third-order valence-electron chi connectivity index (χ3n) is 6.10. The molecule has 2 aromatic heterocycles. The Labute approximate surface area is 182 Å². The van der Waals surface area contributed by atoms with Crippen LogP contribution >= 0.6 is 0 Å². The van der Waals surface area contributed by atoms with Crippen molar-refractivity contribution in [1.29, 1.82) is 0 Å². The van der Waals surface area contributed by atoms with Gasteiger partial charge in [0.2, 0.25) is 5.95 Å². The summed E-state index contributed by atoms with van der Waals surface area (Å²) in [5.74, 6) is 0.598. The van der Waals surface area contributed by atoms with Crippen molar-refractivity contribution in [1.82, 2.24) is 24.6 Å². The first-order chi connectivity index (χ1) is 15.1. The van der Waals surface area contributed by atoms with Crippen molar-refractivity contribution in [2.45, 2.75) is 26.8 Å². The molecule has 160 valence electrons. The molecule has 5 rings (SSSR count). The summed E-state index contributed by atoms with van der Waals surface area (Å²) in [5, 5.41) is 10.0. The Morgan fingerprint density at radius 1 is 0.935 bits per heavy atom. The number of fused-ring (bicyclic) bond motifs is 3. The Kier molecular flexibility index (Phi) is 5.19. The number of benzene rings is 2. The molecule has 31 heavy (non-hydrogen) atoms. The minimum Gasteiger partial charge on any atom is -0.369 e. The van der Waals surface area contributed by atoms with E-state index in [2.05, 4.69) is 82.4 Å². The van der Waals surface area contributed by atoms with Gasteiger partial charge in [-0.15, -0.1) is 0 Å². The van der Waals surface area contributed by atoms with E-state index < -0.39 is 0 Å². The van der Waals surface area contributed by atoms with Crippen LogP contribution in [0.25, 0.3) is 21.8 Å². The maximum atomic E-state index is 4.84. The van der Waals surface area contributed by atoms with Gasteiger partial charge < -0.3 is 15.1 Å². The van der Waals surface area contributed by atoms with Crippen molar-refractivity contribution in [2.24, 2.45) is 0 Å². The van der Waals surface area contributed by atoms with Gasteiger partial charge in [-0.05, 0) is 44.7 Å². The normalized spacial score (nSPS) is 15.3. The molecule has 1 aliphatic heterocycles. The number of hydrogen-bond acceptors (Lipinski definition) is 6. The van der Waals surface area contributed by atoms with E-state index >= 15 is 0 Å². The van der Waals surface area contributed by atoms with Gasteiger partial charge in [-0.25, -0.2) is 9.97 Å². The lowest BCUT2D eigenvalue weighted by Gasteiger charge is -2.35. The highest BCUT2D eigenvalue weighted by atomic mass is 15.3. The van der Waals surface area contributed by atoms with Gasteiger partial charge in [0.25, 0.3) is 0 Å². The molecule has 1 saturated heterocycles. The average Bonchev–Trinajstić information content (AvgIpc) is 3.25. The molecule has 0 saturated carbocycles.